The van der Waals surface area contributed by atoms with Crippen molar-refractivity contribution in [1.82, 2.24) is 14.4 Å². The van der Waals surface area contributed by atoms with Gasteiger partial charge < -0.3 is 4.90 Å². The molecule has 0 aliphatic carbocycles. The van der Waals surface area contributed by atoms with Crippen LogP contribution in [-0.2, 0) is 0 Å². The third-order valence-electron chi connectivity index (χ3n) is 4.12. The molecule has 3 aromatic rings. The maximum absolute atomic E-state index is 8.91. The van der Waals surface area contributed by atoms with E-state index in [9.17, 15) is 0 Å². The molecule has 0 saturated carbocycles. The van der Waals surface area contributed by atoms with Gasteiger partial charge in [0.2, 0.25) is 0 Å². The summed E-state index contributed by atoms with van der Waals surface area (Å²) in [4.78, 5) is 11.4. The number of rotatable bonds is 2. The zero-order valence-electron chi connectivity index (χ0n) is 12.1. The minimum Gasteiger partial charge on any atom is -0.354 e. The molecule has 0 N–H and O–H groups in total. The molecule has 4 rings (SSSR count). The number of benzene rings is 1. The van der Waals surface area contributed by atoms with E-state index in [1.165, 1.54) is 12.8 Å². The van der Waals surface area contributed by atoms with Crippen molar-refractivity contribution in [3.05, 3.63) is 48.4 Å². The molecular weight excluding hydrogens is 274 g/mol. The molecular formula is C17H15N5. The molecule has 22 heavy (non-hydrogen) atoms. The van der Waals surface area contributed by atoms with Crippen LogP contribution in [0.3, 0.4) is 0 Å². The van der Waals surface area contributed by atoms with E-state index in [0.717, 1.165) is 35.8 Å². The lowest BCUT2D eigenvalue weighted by molar-refractivity contribution is 0.928. The summed E-state index contributed by atoms with van der Waals surface area (Å²) in [7, 11) is 0. The van der Waals surface area contributed by atoms with E-state index in [1.54, 1.807) is 0 Å². The Morgan fingerprint density at radius 1 is 1.05 bits per heavy atom. The highest BCUT2D eigenvalue weighted by Gasteiger charge is 2.18. The highest BCUT2D eigenvalue weighted by molar-refractivity contribution is 5.71. The van der Waals surface area contributed by atoms with Crippen molar-refractivity contribution >= 4 is 11.5 Å². The molecule has 2 aromatic heterocycles. The number of nitriles is 1. The fourth-order valence-corrected chi connectivity index (χ4v) is 2.99. The number of hydrogen-bond donors (Lipinski definition) is 0. The quantitative estimate of drug-likeness (QED) is 0.728. The summed E-state index contributed by atoms with van der Waals surface area (Å²) in [6, 6.07) is 9.72. The van der Waals surface area contributed by atoms with E-state index in [0.29, 0.717) is 5.56 Å². The Hall–Kier alpha value is -2.87. The highest BCUT2D eigenvalue weighted by atomic mass is 15.2. The highest BCUT2D eigenvalue weighted by Crippen LogP contribution is 2.27. The molecule has 1 saturated heterocycles. The second-order valence-corrected chi connectivity index (χ2v) is 5.47. The topological polar surface area (TPSA) is 57.2 Å². The van der Waals surface area contributed by atoms with Crippen molar-refractivity contribution in [2.24, 2.45) is 0 Å². The van der Waals surface area contributed by atoms with Crippen LogP contribution in [-0.4, -0.2) is 27.5 Å². The summed E-state index contributed by atoms with van der Waals surface area (Å²) in [6.07, 6.45) is 8.07. The molecule has 0 spiro atoms. The minimum atomic E-state index is 0.664. The van der Waals surface area contributed by atoms with Crippen LogP contribution in [0.15, 0.2) is 42.9 Å². The molecule has 1 aliphatic heterocycles. The van der Waals surface area contributed by atoms with E-state index >= 15 is 0 Å². The normalized spacial score (nSPS) is 14.4. The molecule has 3 heterocycles. The van der Waals surface area contributed by atoms with Gasteiger partial charge in [-0.1, -0.05) is 12.1 Å². The fourth-order valence-electron chi connectivity index (χ4n) is 2.99. The molecule has 1 aliphatic rings. The number of nitrogens with zero attached hydrogens (tertiary/aromatic N) is 5. The van der Waals surface area contributed by atoms with Crippen molar-refractivity contribution in [3.63, 3.8) is 0 Å². The summed E-state index contributed by atoms with van der Waals surface area (Å²) in [5.41, 5.74) is 3.62. The van der Waals surface area contributed by atoms with E-state index in [1.807, 2.05) is 42.9 Å². The number of aromatic nitrogens is 3. The largest absolute Gasteiger partial charge is 0.354 e. The lowest BCUT2D eigenvalue weighted by Gasteiger charge is -2.16. The van der Waals surface area contributed by atoms with Crippen LogP contribution in [0.5, 0.6) is 0 Å². The van der Waals surface area contributed by atoms with E-state index in [-0.39, 0.29) is 0 Å². The van der Waals surface area contributed by atoms with Gasteiger partial charge in [-0.05, 0) is 25.0 Å². The van der Waals surface area contributed by atoms with Crippen LogP contribution >= 0.6 is 0 Å². The first kappa shape index (κ1) is 12.8. The third-order valence-corrected chi connectivity index (χ3v) is 4.12. The van der Waals surface area contributed by atoms with E-state index in [4.69, 9.17) is 5.26 Å². The van der Waals surface area contributed by atoms with E-state index < -0.39 is 0 Å². The van der Waals surface area contributed by atoms with Gasteiger partial charge in [-0.3, -0.25) is 4.40 Å². The average Bonchev–Trinajstić information content (AvgIpc) is 3.24. The summed E-state index contributed by atoms with van der Waals surface area (Å²) in [5, 5.41) is 8.91. The van der Waals surface area contributed by atoms with Gasteiger partial charge in [0.1, 0.15) is 0 Å². The monoisotopic (exact) mass is 289 g/mol. The van der Waals surface area contributed by atoms with Crippen LogP contribution < -0.4 is 4.90 Å². The summed E-state index contributed by atoms with van der Waals surface area (Å²) in [6.45, 7) is 2.09. The summed E-state index contributed by atoms with van der Waals surface area (Å²) >= 11 is 0. The second kappa shape index (κ2) is 5.15. The molecule has 1 aromatic carbocycles. The Morgan fingerprint density at radius 3 is 2.55 bits per heavy atom. The van der Waals surface area contributed by atoms with Crippen molar-refractivity contribution in [2.75, 3.05) is 18.0 Å². The van der Waals surface area contributed by atoms with Gasteiger partial charge in [0.25, 0.3) is 0 Å². The van der Waals surface area contributed by atoms with Crippen LogP contribution in [0.1, 0.15) is 18.4 Å². The molecule has 0 unspecified atom stereocenters. The zero-order valence-corrected chi connectivity index (χ0v) is 12.1. The van der Waals surface area contributed by atoms with Crippen molar-refractivity contribution in [3.8, 4) is 17.3 Å². The standard InChI is InChI=1S/C17H15N5/c18-11-13-3-5-14(6-4-13)15-12-20-17-16(19-7-10-22(15)17)21-8-1-2-9-21/h3-7,10,12H,1-2,8-9H2. The zero-order chi connectivity index (χ0) is 14.9. The van der Waals surface area contributed by atoms with Crippen molar-refractivity contribution in [1.29, 1.82) is 5.26 Å². The lowest BCUT2D eigenvalue weighted by Crippen LogP contribution is -2.19. The van der Waals surface area contributed by atoms with Gasteiger partial charge in [0.05, 0.1) is 23.5 Å². The predicted octanol–water partition coefficient (Wildman–Crippen LogP) is 2.87. The first-order valence-electron chi connectivity index (χ1n) is 7.44. The lowest BCUT2D eigenvalue weighted by atomic mass is 10.1. The van der Waals surface area contributed by atoms with Gasteiger partial charge in [0.15, 0.2) is 11.5 Å². The molecule has 0 bridgehead atoms. The number of fused-ring (bicyclic) bond motifs is 1. The van der Waals surface area contributed by atoms with Crippen LogP contribution in [0, 0.1) is 11.3 Å². The Bertz CT molecular complexity index is 851. The first-order chi connectivity index (χ1) is 10.9. The van der Waals surface area contributed by atoms with Gasteiger partial charge in [0, 0.05) is 31.0 Å². The molecule has 0 radical (unpaired) electrons. The van der Waals surface area contributed by atoms with Gasteiger partial charge in [-0.15, -0.1) is 0 Å². The third kappa shape index (κ3) is 2.01. The predicted molar refractivity (Wildman–Crippen MR) is 84.6 cm³/mol. The average molecular weight is 289 g/mol. The number of hydrogen-bond acceptors (Lipinski definition) is 4. The van der Waals surface area contributed by atoms with Crippen LogP contribution in [0.2, 0.25) is 0 Å². The SMILES string of the molecule is N#Cc1ccc(-c2cnc3c(N4CCCC4)nccn23)cc1. The minimum absolute atomic E-state index is 0.664. The van der Waals surface area contributed by atoms with Crippen LogP contribution in [0.4, 0.5) is 5.82 Å². The fraction of sp³-hybridized carbons (Fsp3) is 0.235. The number of imidazole rings is 1. The molecule has 0 atom stereocenters. The summed E-state index contributed by atoms with van der Waals surface area (Å²) in [5.74, 6) is 0.958. The maximum atomic E-state index is 8.91. The maximum Gasteiger partial charge on any atom is 0.180 e. The van der Waals surface area contributed by atoms with E-state index in [2.05, 4.69) is 25.3 Å². The van der Waals surface area contributed by atoms with Gasteiger partial charge >= 0.3 is 0 Å². The second-order valence-electron chi connectivity index (χ2n) is 5.47. The van der Waals surface area contributed by atoms with Crippen LogP contribution in [0.25, 0.3) is 16.9 Å². The van der Waals surface area contributed by atoms with Gasteiger partial charge in [-0.2, -0.15) is 5.26 Å². The molecule has 108 valence electrons. The Labute approximate surface area is 128 Å². The number of anilines is 1. The molecule has 0 amide bonds. The van der Waals surface area contributed by atoms with Gasteiger partial charge in [-0.25, -0.2) is 9.97 Å². The Kier molecular flexibility index (Phi) is 3.01. The molecule has 5 heteroatoms. The first-order valence-corrected chi connectivity index (χ1v) is 7.44. The molecule has 5 nitrogen and oxygen atoms in total. The van der Waals surface area contributed by atoms with Crippen molar-refractivity contribution in [2.45, 2.75) is 12.8 Å². The Balaban J connectivity index is 1.82. The van der Waals surface area contributed by atoms with Crippen molar-refractivity contribution < 1.29 is 0 Å². The Morgan fingerprint density at radius 2 is 1.82 bits per heavy atom. The summed E-state index contributed by atoms with van der Waals surface area (Å²) < 4.78 is 2.07. The smallest absolute Gasteiger partial charge is 0.180 e. The molecule has 1 fully saturated rings.